The fraction of sp³-hybridized carbons (Fsp3) is 0.527. The van der Waals surface area contributed by atoms with E-state index < -0.39 is 51.7 Å². The Labute approximate surface area is 706 Å². The van der Waals surface area contributed by atoms with E-state index in [-0.39, 0.29) is 148 Å². The van der Waals surface area contributed by atoms with E-state index in [4.69, 9.17) is 33.9 Å². The van der Waals surface area contributed by atoms with Crippen LogP contribution >= 0.6 is 0 Å². The lowest BCUT2D eigenvalue weighted by Gasteiger charge is -2.22. The summed E-state index contributed by atoms with van der Waals surface area (Å²) in [5.74, 6) is -5.08. The van der Waals surface area contributed by atoms with Gasteiger partial charge in [-0.1, -0.05) is 137 Å². The van der Waals surface area contributed by atoms with Crippen LogP contribution in [-0.2, 0) is 85.3 Å². The molecule has 650 valence electrons. The van der Waals surface area contributed by atoms with E-state index in [0.717, 1.165) is 115 Å². The van der Waals surface area contributed by atoms with Gasteiger partial charge in [0.15, 0.2) is 11.6 Å². The van der Waals surface area contributed by atoms with Gasteiger partial charge in [-0.3, -0.25) is 52.5 Å². The van der Waals surface area contributed by atoms with Gasteiger partial charge >= 0.3 is 18.3 Å². The molecule has 4 aromatic rings. The largest absolute Gasteiger partial charge is 1.00 e. The number of nitrogens with two attached hydrogens (primary N) is 1. The number of halogens is 1. The van der Waals surface area contributed by atoms with Gasteiger partial charge in [0, 0.05) is 136 Å². The molecule has 8 N–H and O–H groups in total. The molecular weight excluding hydrogens is 1560 g/mol. The standard InChI is InChI=1S/C89H123N7O15S.2CO2.ClH/c1-6-95(7-2)70-48-51-77-82(62-70)111-83-63-71(96(8-3)9-4)49-52-78(83)85(77)75-43-28-29-44-76(75)88(105)92-55-32-30-39-67(87(104)93-64(5)80(100)45-34-53-90)59-73(98)41-25-14-12-16-31-54-91-86(103)69(57-65-35-20-17-21-36-65)61-81(101)79(58-66-37-22-18-23-38-66)94-84(102)46-27-15-11-10-13-24-40-72(97)50-47-68(89(106)107)60-74(99)42-26-19-33-56-112(108,109)110;2*2-1-3;/h17-18,20-23,28-29,35-38,43-44,48-49,51-52,62-64,67-69,79H,6-16,19,24-27,30-34,39-42,45-47,50,53-61,90H2,1-5H3,(H5-,91,92,93,94,102,103,104,105,106,107,108,109,110);;;1H. The predicted molar refractivity (Wildman–Crippen MR) is 451 cm³/mol. The number of Topliss-reactive ketones (excluding diaryl/α,β-unsaturated/α-hetero) is 5. The number of amides is 4. The van der Waals surface area contributed by atoms with Crippen molar-refractivity contribution >= 4 is 97.6 Å². The van der Waals surface area contributed by atoms with Crippen molar-refractivity contribution in [1.82, 2.24) is 25.8 Å². The van der Waals surface area contributed by atoms with Gasteiger partial charge in [-0.2, -0.15) is 27.6 Å². The first-order valence-electron chi connectivity index (χ1n) is 41.9. The maximum absolute atomic E-state index is 14.4. The van der Waals surface area contributed by atoms with Crippen LogP contribution in [0.3, 0.4) is 0 Å². The van der Waals surface area contributed by atoms with E-state index in [1.165, 1.54) is 0 Å². The second-order valence-corrected chi connectivity index (χ2v) is 31.5. The molecule has 0 saturated heterocycles. The van der Waals surface area contributed by atoms with E-state index >= 15 is 0 Å². The molecule has 4 amide bonds. The van der Waals surface area contributed by atoms with Crippen molar-refractivity contribution in [3.63, 3.8) is 0 Å². The molecule has 1 aliphatic carbocycles. The number of hydrogen-bond acceptors (Lipinski definition) is 19. The first-order valence-corrected chi connectivity index (χ1v) is 43.5. The molecule has 5 unspecified atom stereocenters. The lowest BCUT2D eigenvalue weighted by atomic mass is 9.89. The number of anilines is 1. The van der Waals surface area contributed by atoms with Crippen molar-refractivity contribution < 1.29 is 102 Å². The second kappa shape index (κ2) is 58.8. The first kappa shape index (κ1) is 103. The lowest BCUT2D eigenvalue weighted by Crippen LogP contribution is -3.00. The van der Waals surface area contributed by atoms with Crippen molar-refractivity contribution in [1.29, 1.82) is 0 Å². The molecule has 28 heteroatoms. The first-order chi connectivity index (χ1) is 56.8. The average molecular weight is 1690 g/mol. The smallest absolute Gasteiger partial charge is 0.373 e. The van der Waals surface area contributed by atoms with Crippen molar-refractivity contribution in [2.24, 2.45) is 23.5 Å². The quantitative estimate of drug-likeness (QED) is 0.00808. The normalized spacial score (nSPS) is 12.2. The van der Waals surface area contributed by atoms with Gasteiger partial charge in [0.2, 0.25) is 23.1 Å². The van der Waals surface area contributed by atoms with Crippen molar-refractivity contribution in [2.75, 3.05) is 56.5 Å². The van der Waals surface area contributed by atoms with E-state index in [1.807, 2.05) is 84.9 Å². The molecule has 5 atom stereocenters. The Bertz CT molecular complexity index is 4370. The zero-order valence-electron chi connectivity index (χ0n) is 69.9. The summed E-state index contributed by atoms with van der Waals surface area (Å²) >= 11 is 0. The molecule has 2 aliphatic rings. The molecule has 0 spiro atoms. The van der Waals surface area contributed by atoms with E-state index in [2.05, 4.69) is 94.8 Å². The number of fused-ring (bicyclic) bond motifs is 2. The van der Waals surface area contributed by atoms with E-state index in [9.17, 15) is 61.5 Å². The van der Waals surface area contributed by atoms with Gasteiger partial charge in [-0.15, -0.1) is 0 Å². The summed E-state index contributed by atoms with van der Waals surface area (Å²) in [7, 11) is -4.08. The number of rotatable bonds is 58. The average Bonchev–Trinajstić information content (AvgIpc) is 0.744. The number of ketones is 5. The lowest BCUT2D eigenvalue weighted by molar-refractivity contribution is -0.193. The Morgan fingerprint density at radius 1 is 0.521 bits per heavy atom. The maximum atomic E-state index is 14.4. The Morgan fingerprint density at radius 2 is 1.06 bits per heavy atom. The van der Waals surface area contributed by atoms with E-state index in [1.54, 1.807) is 6.92 Å². The minimum atomic E-state index is -4.08. The molecule has 0 radical (unpaired) electrons. The van der Waals surface area contributed by atoms with Crippen LogP contribution in [0, 0.1) is 17.8 Å². The molecule has 0 fully saturated rings. The zero-order chi connectivity index (χ0) is 86.6. The summed E-state index contributed by atoms with van der Waals surface area (Å²) in [5, 5.41) is 23.7. The predicted octanol–water partition coefficient (Wildman–Crippen LogP) is 9.57. The van der Waals surface area contributed by atoms with Crippen LogP contribution in [0.4, 0.5) is 5.69 Å². The topological polar surface area (TPSA) is 407 Å². The fourth-order valence-corrected chi connectivity index (χ4v) is 15.1. The van der Waals surface area contributed by atoms with Gasteiger partial charge in [-0.25, -0.2) is 4.58 Å². The highest BCUT2D eigenvalue weighted by atomic mass is 35.5. The Kier molecular flexibility index (Phi) is 51.0. The number of aliphatic carboxylic acids is 1. The summed E-state index contributed by atoms with van der Waals surface area (Å²) in [5.41, 5.74) is 12.3. The summed E-state index contributed by atoms with van der Waals surface area (Å²) < 4.78 is 39.7. The van der Waals surface area contributed by atoms with Crippen molar-refractivity contribution in [3.05, 3.63) is 143 Å². The second-order valence-electron chi connectivity index (χ2n) is 29.9. The molecule has 0 aromatic heterocycles. The minimum Gasteiger partial charge on any atom is -1.00 e. The summed E-state index contributed by atoms with van der Waals surface area (Å²) in [6.45, 7) is 14.6. The van der Waals surface area contributed by atoms with Crippen LogP contribution in [0.5, 0.6) is 0 Å². The highest BCUT2D eigenvalue weighted by Gasteiger charge is 2.31. The fourth-order valence-electron chi connectivity index (χ4n) is 14.5. The summed E-state index contributed by atoms with van der Waals surface area (Å²) in [6, 6.07) is 37.5. The van der Waals surface area contributed by atoms with Crippen LogP contribution < -0.4 is 54.2 Å². The molecule has 6 rings (SSSR count). The van der Waals surface area contributed by atoms with Gasteiger partial charge < -0.3 is 53.8 Å². The van der Waals surface area contributed by atoms with Crippen LogP contribution in [0.25, 0.3) is 33.4 Å². The minimum absolute atomic E-state index is 0. The van der Waals surface area contributed by atoms with Crippen LogP contribution in [0.1, 0.15) is 236 Å². The third kappa shape index (κ3) is 39.6. The van der Waals surface area contributed by atoms with Gasteiger partial charge in [0.25, 0.3) is 16.0 Å². The Hall–Kier alpha value is -10.0. The van der Waals surface area contributed by atoms with Crippen LogP contribution in [0.15, 0.2) is 126 Å². The number of carbonyl (C=O) groups excluding carboxylic acids is 13. The van der Waals surface area contributed by atoms with Crippen molar-refractivity contribution in [2.45, 2.75) is 239 Å². The molecular formula is C91H124ClN7O19S. The number of unbranched alkanes of at least 4 members (excludes halogenated alkanes) is 12. The third-order valence-corrected chi connectivity index (χ3v) is 21.9. The summed E-state index contributed by atoms with van der Waals surface area (Å²) in [4.78, 5) is 169. The number of carbonyl (C=O) groups is 10. The van der Waals surface area contributed by atoms with Crippen LogP contribution in [-0.4, -0.2) is 153 Å². The van der Waals surface area contributed by atoms with Gasteiger partial charge in [0.1, 0.15) is 41.8 Å². The van der Waals surface area contributed by atoms with E-state index in [0.29, 0.717) is 114 Å². The number of carboxylic acid groups (broad SMARTS) is 1. The molecule has 1 heterocycles. The number of benzene rings is 5. The Morgan fingerprint density at radius 3 is 1.65 bits per heavy atom. The van der Waals surface area contributed by atoms with Crippen molar-refractivity contribution in [3.8, 4) is 22.5 Å². The molecule has 1 aliphatic heterocycles. The molecule has 0 saturated carbocycles. The molecule has 26 nitrogen and oxygen atoms in total. The van der Waals surface area contributed by atoms with Crippen LogP contribution in [0.2, 0.25) is 0 Å². The van der Waals surface area contributed by atoms with Gasteiger partial charge in [-0.05, 0) is 159 Å². The highest BCUT2D eigenvalue weighted by Crippen LogP contribution is 2.42. The zero-order valence-corrected chi connectivity index (χ0v) is 71.5. The number of nitrogens with zero attached hydrogens (tertiary/aromatic N) is 2. The number of carboxylic acids is 1. The molecule has 4 aromatic carbocycles. The SMILES string of the molecule is CCN(CC)c1ccc2c(-c3ccccc3C(=O)NCCCCC(CC(=O)CCCCCCCNC(=O)C(CC(=O)C(Cc3ccccc3)NC(=O)CCCCCCCCC(=O)CCC(CC(=O)CCCCCS(=O)(=O)O)C(=O)O)Cc3ccccc3)C(=O)NC(C)C(=O)CCCN)c3ccc(=[N+](CC)CC)cc-3oc2c1.O=C=O.O=C=O.[Cl-]. The number of hydrogen-bond donors (Lipinski definition) is 7. The Balaban J connectivity index is 0.00000507. The monoisotopic (exact) mass is 1690 g/mol. The number of nitrogens with one attached hydrogen (secondary N) is 4. The highest BCUT2D eigenvalue weighted by molar-refractivity contribution is 7.85. The maximum Gasteiger partial charge on any atom is 0.373 e. The molecule has 119 heavy (non-hydrogen) atoms. The van der Waals surface area contributed by atoms with Gasteiger partial charge in [0.05, 0.1) is 29.8 Å². The molecule has 0 bridgehead atoms. The summed E-state index contributed by atoms with van der Waals surface area (Å²) in [6.07, 6.45) is 12.9. The third-order valence-electron chi connectivity index (χ3n) is 21.1.